The number of carbonyl (C=O) groups excluding carboxylic acids is 1. The van der Waals surface area contributed by atoms with Crippen LogP contribution in [0.2, 0.25) is 0 Å². The maximum atomic E-state index is 13.0. The SMILES string of the molecule is O=C(c1ccco1)N(Cc1cccc(OS(=O)(=O)c2cccc(C(F)(F)F)c2)c1)Cc1ccco1. The number of hydrogen-bond acceptors (Lipinski definition) is 6. The fourth-order valence-electron chi connectivity index (χ4n) is 3.27. The molecule has 0 saturated carbocycles. The number of hydrogen-bond donors (Lipinski definition) is 0. The van der Waals surface area contributed by atoms with Crippen molar-refractivity contribution in [3.05, 3.63) is 108 Å². The molecule has 11 heteroatoms. The van der Waals surface area contributed by atoms with Crippen molar-refractivity contribution in [1.29, 1.82) is 0 Å². The Bertz CT molecular complexity index is 1400. The van der Waals surface area contributed by atoms with Crippen LogP contribution in [0.25, 0.3) is 0 Å². The number of halogens is 3. The lowest BCUT2D eigenvalue weighted by Gasteiger charge is -2.21. The number of benzene rings is 2. The first kappa shape index (κ1) is 24.1. The van der Waals surface area contributed by atoms with Crippen molar-refractivity contribution >= 4 is 16.0 Å². The van der Waals surface area contributed by atoms with Gasteiger partial charge in [0, 0.05) is 6.54 Å². The zero-order valence-corrected chi connectivity index (χ0v) is 18.8. The lowest BCUT2D eigenvalue weighted by atomic mass is 10.2. The molecule has 182 valence electrons. The van der Waals surface area contributed by atoms with E-state index < -0.39 is 32.7 Å². The van der Waals surface area contributed by atoms with E-state index in [1.54, 1.807) is 24.3 Å². The highest BCUT2D eigenvalue weighted by Gasteiger charge is 2.32. The second kappa shape index (κ2) is 9.71. The Balaban J connectivity index is 1.56. The minimum atomic E-state index is -4.70. The van der Waals surface area contributed by atoms with Gasteiger partial charge in [0.05, 0.1) is 24.6 Å². The number of alkyl halides is 3. The van der Waals surface area contributed by atoms with Crippen LogP contribution in [0.15, 0.2) is 99.1 Å². The first-order valence-corrected chi connectivity index (χ1v) is 11.6. The lowest BCUT2D eigenvalue weighted by Crippen LogP contribution is -2.29. The Kier molecular flexibility index (Phi) is 6.70. The Morgan fingerprint density at radius 2 is 1.63 bits per heavy atom. The molecular weight excluding hydrogens is 487 g/mol. The van der Waals surface area contributed by atoms with Gasteiger partial charge in [0.1, 0.15) is 16.4 Å². The molecule has 0 unspecified atom stereocenters. The molecule has 0 fully saturated rings. The van der Waals surface area contributed by atoms with Crippen LogP contribution < -0.4 is 4.18 Å². The van der Waals surface area contributed by atoms with Crippen molar-refractivity contribution < 1.29 is 39.4 Å². The molecule has 0 spiro atoms. The maximum Gasteiger partial charge on any atom is 0.416 e. The van der Waals surface area contributed by atoms with Gasteiger partial charge in [-0.25, -0.2) is 0 Å². The van der Waals surface area contributed by atoms with Crippen molar-refractivity contribution in [2.45, 2.75) is 24.2 Å². The molecule has 2 heterocycles. The molecule has 1 amide bonds. The summed E-state index contributed by atoms with van der Waals surface area (Å²) in [7, 11) is -4.54. The van der Waals surface area contributed by atoms with E-state index in [2.05, 4.69) is 0 Å². The Morgan fingerprint density at radius 3 is 2.31 bits per heavy atom. The maximum absolute atomic E-state index is 13.0. The number of nitrogens with zero attached hydrogens (tertiary/aromatic N) is 1. The highest BCUT2D eigenvalue weighted by atomic mass is 32.2. The van der Waals surface area contributed by atoms with Crippen molar-refractivity contribution in [2.75, 3.05) is 0 Å². The lowest BCUT2D eigenvalue weighted by molar-refractivity contribution is -0.137. The Labute approximate surface area is 198 Å². The van der Waals surface area contributed by atoms with Gasteiger partial charge in [-0.3, -0.25) is 4.79 Å². The molecule has 2 aromatic carbocycles. The molecule has 0 aliphatic rings. The van der Waals surface area contributed by atoms with E-state index in [4.69, 9.17) is 13.0 Å². The third-order valence-corrected chi connectivity index (χ3v) is 6.12. The van der Waals surface area contributed by atoms with Crippen LogP contribution in [-0.4, -0.2) is 19.2 Å². The molecule has 35 heavy (non-hydrogen) atoms. The van der Waals surface area contributed by atoms with Crippen LogP contribution >= 0.6 is 0 Å². The van der Waals surface area contributed by atoms with E-state index in [1.807, 2.05) is 0 Å². The Morgan fingerprint density at radius 1 is 0.886 bits per heavy atom. The summed E-state index contributed by atoms with van der Waals surface area (Å²) >= 11 is 0. The summed E-state index contributed by atoms with van der Waals surface area (Å²) in [5.41, 5.74) is -0.603. The summed E-state index contributed by atoms with van der Waals surface area (Å²) in [5, 5.41) is 0. The van der Waals surface area contributed by atoms with Crippen LogP contribution in [0, 0.1) is 0 Å². The third-order valence-electron chi connectivity index (χ3n) is 4.87. The molecule has 0 radical (unpaired) electrons. The topological polar surface area (TPSA) is 90.0 Å². The Hall–Kier alpha value is -3.99. The zero-order valence-electron chi connectivity index (χ0n) is 17.9. The van der Waals surface area contributed by atoms with Crippen LogP contribution in [0.4, 0.5) is 13.2 Å². The average Bonchev–Trinajstić information content (AvgIpc) is 3.52. The molecule has 0 atom stereocenters. The van der Waals surface area contributed by atoms with Gasteiger partial charge in [-0.1, -0.05) is 18.2 Å². The standard InChI is InChI=1S/C24H18F3NO6S/c25-24(26,27)18-6-2-9-21(14-18)35(30,31)34-19-7-1-5-17(13-19)15-28(16-20-8-3-11-32-20)23(29)22-10-4-12-33-22/h1-14H,15-16H2. The molecule has 0 aliphatic carbocycles. The summed E-state index contributed by atoms with van der Waals surface area (Å²) in [6.07, 6.45) is -1.87. The van der Waals surface area contributed by atoms with E-state index in [0.717, 1.165) is 18.2 Å². The predicted molar refractivity (Wildman–Crippen MR) is 117 cm³/mol. The smallest absolute Gasteiger partial charge is 0.416 e. The van der Waals surface area contributed by atoms with E-state index in [1.165, 1.54) is 41.7 Å². The van der Waals surface area contributed by atoms with Crippen LogP contribution in [0.1, 0.15) is 27.4 Å². The number of carbonyl (C=O) groups is 1. The van der Waals surface area contributed by atoms with Gasteiger partial charge in [-0.15, -0.1) is 0 Å². The molecule has 0 aliphatic heterocycles. The first-order chi connectivity index (χ1) is 16.6. The van der Waals surface area contributed by atoms with E-state index in [9.17, 15) is 26.4 Å². The fraction of sp³-hybridized carbons (Fsp3) is 0.125. The molecule has 0 bridgehead atoms. The third kappa shape index (κ3) is 5.93. The minimum Gasteiger partial charge on any atom is -0.467 e. The molecule has 2 aromatic heterocycles. The quantitative estimate of drug-likeness (QED) is 0.294. The van der Waals surface area contributed by atoms with Gasteiger partial charge < -0.3 is 17.9 Å². The van der Waals surface area contributed by atoms with Crippen molar-refractivity contribution in [3.8, 4) is 5.75 Å². The van der Waals surface area contributed by atoms with Gasteiger partial charge in [0.15, 0.2) is 5.76 Å². The molecule has 4 aromatic rings. The largest absolute Gasteiger partial charge is 0.467 e. The predicted octanol–water partition coefficient (Wildman–Crippen LogP) is 5.50. The number of rotatable bonds is 8. The van der Waals surface area contributed by atoms with Crippen LogP contribution in [0.5, 0.6) is 5.75 Å². The summed E-state index contributed by atoms with van der Waals surface area (Å²) in [6, 6.07) is 15.6. The van der Waals surface area contributed by atoms with Crippen molar-refractivity contribution in [1.82, 2.24) is 4.90 Å². The average molecular weight is 505 g/mol. The number of amides is 1. The monoisotopic (exact) mass is 505 g/mol. The molecule has 0 N–H and O–H groups in total. The van der Waals surface area contributed by atoms with Crippen LogP contribution in [0.3, 0.4) is 0 Å². The van der Waals surface area contributed by atoms with Crippen LogP contribution in [-0.2, 0) is 29.4 Å². The molecule has 4 rings (SSSR count). The van der Waals surface area contributed by atoms with Gasteiger partial charge in [-0.05, 0) is 60.2 Å². The fourth-order valence-corrected chi connectivity index (χ4v) is 4.23. The highest BCUT2D eigenvalue weighted by molar-refractivity contribution is 7.87. The summed E-state index contributed by atoms with van der Waals surface area (Å²) in [4.78, 5) is 13.7. The highest BCUT2D eigenvalue weighted by Crippen LogP contribution is 2.31. The number of furan rings is 2. The van der Waals surface area contributed by atoms with Gasteiger partial charge in [-0.2, -0.15) is 21.6 Å². The second-order valence-corrected chi connectivity index (χ2v) is 8.97. The summed E-state index contributed by atoms with van der Waals surface area (Å²) < 4.78 is 79.8. The first-order valence-electron chi connectivity index (χ1n) is 10.2. The minimum absolute atomic E-state index is 0.0427. The molecule has 0 saturated heterocycles. The van der Waals surface area contributed by atoms with Gasteiger partial charge in [0.2, 0.25) is 0 Å². The molecule has 7 nitrogen and oxygen atoms in total. The van der Waals surface area contributed by atoms with Gasteiger partial charge >= 0.3 is 16.3 Å². The second-order valence-electron chi connectivity index (χ2n) is 7.43. The summed E-state index contributed by atoms with van der Waals surface area (Å²) in [5.74, 6) is 0.0816. The van der Waals surface area contributed by atoms with E-state index in [-0.39, 0.29) is 24.6 Å². The van der Waals surface area contributed by atoms with E-state index >= 15 is 0 Å². The molecular formula is C24H18F3NO6S. The normalized spacial score (nSPS) is 11.9. The van der Waals surface area contributed by atoms with E-state index in [0.29, 0.717) is 17.4 Å². The summed E-state index contributed by atoms with van der Waals surface area (Å²) in [6.45, 7) is 0.154. The van der Waals surface area contributed by atoms with Gasteiger partial charge in [0.25, 0.3) is 5.91 Å². The van der Waals surface area contributed by atoms with Crippen molar-refractivity contribution in [3.63, 3.8) is 0 Å². The van der Waals surface area contributed by atoms with Crippen molar-refractivity contribution in [2.24, 2.45) is 0 Å². The zero-order chi connectivity index (χ0) is 25.1.